The van der Waals surface area contributed by atoms with Crippen molar-refractivity contribution in [2.75, 3.05) is 12.4 Å². The minimum Gasteiger partial charge on any atom is -0.497 e. The van der Waals surface area contributed by atoms with Crippen LogP contribution in [-0.4, -0.2) is 33.2 Å². The molecule has 0 unspecified atom stereocenters. The number of amides is 1. The number of tetrazole rings is 1. The molecule has 0 aliphatic heterocycles. The molecule has 1 heterocycles. The third kappa shape index (κ3) is 3.37. The van der Waals surface area contributed by atoms with Crippen molar-refractivity contribution in [3.8, 4) is 11.4 Å². The molecule has 3 aromatic rings. The Morgan fingerprint density at radius 1 is 1.26 bits per heavy atom. The number of aromatic nitrogens is 4. The van der Waals surface area contributed by atoms with Gasteiger partial charge in [-0.15, -0.1) is 5.10 Å². The third-order valence-electron chi connectivity index (χ3n) is 3.14. The second-order valence-corrected chi connectivity index (χ2v) is 5.46. The normalized spacial score (nSPS) is 10.3. The quantitative estimate of drug-likeness (QED) is 0.760. The molecule has 0 bridgehead atoms. The lowest BCUT2D eigenvalue weighted by molar-refractivity contribution is 0.102. The molecule has 0 saturated carbocycles. The van der Waals surface area contributed by atoms with Crippen molar-refractivity contribution in [3.05, 3.63) is 58.8 Å². The van der Waals surface area contributed by atoms with E-state index < -0.39 is 0 Å². The van der Waals surface area contributed by atoms with Gasteiger partial charge >= 0.3 is 0 Å². The van der Waals surface area contributed by atoms with Crippen LogP contribution in [0.4, 0.5) is 5.69 Å². The molecule has 23 heavy (non-hydrogen) atoms. The Morgan fingerprint density at radius 3 is 2.87 bits per heavy atom. The van der Waals surface area contributed by atoms with E-state index in [2.05, 4.69) is 36.8 Å². The first-order valence-corrected chi connectivity index (χ1v) is 7.45. The minimum absolute atomic E-state index is 0.246. The van der Waals surface area contributed by atoms with E-state index in [0.29, 0.717) is 21.5 Å². The molecule has 1 aromatic heterocycles. The van der Waals surface area contributed by atoms with E-state index in [1.807, 2.05) is 12.1 Å². The number of carbonyl (C=O) groups excluding carboxylic acids is 1. The number of carbonyl (C=O) groups is 1. The summed E-state index contributed by atoms with van der Waals surface area (Å²) in [6.45, 7) is 0. The number of hydrogen-bond acceptors (Lipinski definition) is 5. The van der Waals surface area contributed by atoms with Crippen molar-refractivity contribution in [2.45, 2.75) is 0 Å². The molecular formula is C15H12BrN5O2. The topological polar surface area (TPSA) is 81.9 Å². The first-order chi connectivity index (χ1) is 11.2. The zero-order valence-corrected chi connectivity index (χ0v) is 13.7. The van der Waals surface area contributed by atoms with Crippen LogP contribution in [0.3, 0.4) is 0 Å². The highest BCUT2D eigenvalue weighted by Gasteiger charge is 2.12. The SMILES string of the molecule is COc1ccc(Br)c(C(=O)Nc2cccc(-n3cnnn3)c2)c1. The summed E-state index contributed by atoms with van der Waals surface area (Å²) in [6.07, 6.45) is 1.49. The summed E-state index contributed by atoms with van der Waals surface area (Å²) in [5.74, 6) is 0.366. The van der Waals surface area contributed by atoms with Gasteiger partial charge in [0.15, 0.2) is 0 Å². The van der Waals surface area contributed by atoms with Gasteiger partial charge < -0.3 is 10.1 Å². The standard InChI is InChI=1S/C15H12BrN5O2/c1-23-12-5-6-14(16)13(8-12)15(22)18-10-3-2-4-11(7-10)21-9-17-19-20-21/h2-9H,1H3,(H,18,22). The van der Waals surface area contributed by atoms with Gasteiger partial charge in [0.1, 0.15) is 12.1 Å². The number of halogens is 1. The number of nitrogens with zero attached hydrogens (tertiary/aromatic N) is 4. The molecule has 7 nitrogen and oxygen atoms in total. The van der Waals surface area contributed by atoms with Gasteiger partial charge in [0.2, 0.25) is 0 Å². The lowest BCUT2D eigenvalue weighted by Crippen LogP contribution is -2.13. The summed E-state index contributed by atoms with van der Waals surface area (Å²) in [5.41, 5.74) is 1.87. The lowest BCUT2D eigenvalue weighted by atomic mass is 10.2. The summed E-state index contributed by atoms with van der Waals surface area (Å²) in [6, 6.07) is 12.4. The highest BCUT2D eigenvalue weighted by atomic mass is 79.9. The van der Waals surface area contributed by atoms with E-state index >= 15 is 0 Å². The van der Waals surface area contributed by atoms with Crippen molar-refractivity contribution in [3.63, 3.8) is 0 Å². The summed E-state index contributed by atoms with van der Waals surface area (Å²) in [4.78, 5) is 12.5. The Labute approximate surface area is 140 Å². The van der Waals surface area contributed by atoms with Gasteiger partial charge in [0.25, 0.3) is 5.91 Å². The Balaban J connectivity index is 1.85. The smallest absolute Gasteiger partial charge is 0.256 e. The van der Waals surface area contributed by atoms with Crippen molar-refractivity contribution < 1.29 is 9.53 Å². The molecule has 0 aliphatic carbocycles. The van der Waals surface area contributed by atoms with Gasteiger partial charge in [-0.05, 0) is 62.8 Å². The maximum absolute atomic E-state index is 12.5. The van der Waals surface area contributed by atoms with Crippen molar-refractivity contribution in [1.82, 2.24) is 20.2 Å². The van der Waals surface area contributed by atoms with E-state index in [1.165, 1.54) is 11.0 Å². The average molecular weight is 374 g/mol. The molecule has 0 saturated heterocycles. The predicted octanol–water partition coefficient (Wildman–Crippen LogP) is 2.69. The highest BCUT2D eigenvalue weighted by Crippen LogP contribution is 2.24. The summed E-state index contributed by atoms with van der Waals surface area (Å²) < 4.78 is 7.35. The zero-order chi connectivity index (χ0) is 16.2. The zero-order valence-electron chi connectivity index (χ0n) is 12.1. The van der Waals surface area contributed by atoms with Gasteiger partial charge in [-0.3, -0.25) is 4.79 Å². The van der Waals surface area contributed by atoms with Crippen LogP contribution in [0.15, 0.2) is 53.3 Å². The molecule has 0 atom stereocenters. The third-order valence-corrected chi connectivity index (χ3v) is 3.83. The maximum Gasteiger partial charge on any atom is 0.256 e. The Bertz CT molecular complexity index is 836. The van der Waals surface area contributed by atoms with Gasteiger partial charge in [-0.1, -0.05) is 6.07 Å². The fourth-order valence-corrected chi connectivity index (χ4v) is 2.44. The van der Waals surface area contributed by atoms with Crippen molar-refractivity contribution >= 4 is 27.5 Å². The largest absolute Gasteiger partial charge is 0.497 e. The summed E-state index contributed by atoms with van der Waals surface area (Å²) >= 11 is 3.37. The number of anilines is 1. The average Bonchev–Trinajstić information content (AvgIpc) is 3.10. The number of hydrogen-bond donors (Lipinski definition) is 1. The fourth-order valence-electron chi connectivity index (χ4n) is 2.01. The van der Waals surface area contributed by atoms with E-state index in [9.17, 15) is 4.79 Å². The lowest BCUT2D eigenvalue weighted by Gasteiger charge is -2.09. The summed E-state index contributed by atoms with van der Waals surface area (Å²) in [5, 5.41) is 13.9. The monoisotopic (exact) mass is 373 g/mol. The molecule has 2 aromatic carbocycles. The van der Waals surface area contributed by atoms with Crippen LogP contribution >= 0.6 is 15.9 Å². The van der Waals surface area contributed by atoms with Crippen molar-refractivity contribution in [1.29, 1.82) is 0 Å². The number of rotatable bonds is 4. The second-order valence-electron chi connectivity index (χ2n) is 4.60. The van der Waals surface area contributed by atoms with E-state index in [4.69, 9.17) is 4.74 Å². The number of ether oxygens (including phenoxy) is 1. The molecule has 0 fully saturated rings. The number of nitrogens with one attached hydrogen (secondary N) is 1. The second kappa shape index (κ2) is 6.57. The van der Waals surface area contributed by atoms with Crippen molar-refractivity contribution in [2.24, 2.45) is 0 Å². The van der Waals surface area contributed by atoms with Crippen LogP contribution < -0.4 is 10.1 Å². The predicted molar refractivity (Wildman–Crippen MR) is 87.8 cm³/mol. The highest BCUT2D eigenvalue weighted by molar-refractivity contribution is 9.10. The van der Waals surface area contributed by atoms with E-state index in [0.717, 1.165) is 5.69 Å². The molecule has 116 valence electrons. The van der Waals surface area contributed by atoms with Crippen LogP contribution in [-0.2, 0) is 0 Å². The first-order valence-electron chi connectivity index (χ1n) is 6.65. The number of methoxy groups -OCH3 is 1. The van der Waals surface area contributed by atoms with Crippen LogP contribution in [0.1, 0.15) is 10.4 Å². The Hall–Kier alpha value is -2.74. The van der Waals surface area contributed by atoms with E-state index in [-0.39, 0.29) is 5.91 Å². The minimum atomic E-state index is -0.246. The fraction of sp³-hybridized carbons (Fsp3) is 0.0667. The molecule has 1 amide bonds. The first kappa shape index (κ1) is 15.2. The maximum atomic E-state index is 12.5. The molecule has 0 radical (unpaired) electrons. The van der Waals surface area contributed by atoms with Gasteiger partial charge in [0, 0.05) is 10.2 Å². The van der Waals surface area contributed by atoms with Gasteiger partial charge in [0.05, 0.1) is 18.4 Å². The van der Waals surface area contributed by atoms with Crippen LogP contribution in [0, 0.1) is 0 Å². The Morgan fingerprint density at radius 2 is 2.13 bits per heavy atom. The molecule has 1 N–H and O–H groups in total. The molecule has 0 spiro atoms. The molecule has 8 heteroatoms. The van der Waals surface area contributed by atoms with E-state index in [1.54, 1.807) is 37.4 Å². The van der Waals surface area contributed by atoms with Crippen LogP contribution in [0.2, 0.25) is 0 Å². The number of benzene rings is 2. The summed E-state index contributed by atoms with van der Waals surface area (Å²) in [7, 11) is 1.56. The van der Waals surface area contributed by atoms with Crippen LogP contribution in [0.5, 0.6) is 5.75 Å². The van der Waals surface area contributed by atoms with Crippen LogP contribution in [0.25, 0.3) is 5.69 Å². The molecular weight excluding hydrogens is 362 g/mol. The van der Waals surface area contributed by atoms with Gasteiger partial charge in [-0.25, -0.2) is 4.68 Å². The van der Waals surface area contributed by atoms with Gasteiger partial charge in [-0.2, -0.15) is 0 Å². The Kier molecular flexibility index (Phi) is 4.33. The molecule has 0 aliphatic rings. The molecule has 3 rings (SSSR count).